The average Bonchev–Trinajstić information content (AvgIpc) is 2.76. The summed E-state index contributed by atoms with van der Waals surface area (Å²) < 4.78 is 5.53. The van der Waals surface area contributed by atoms with E-state index >= 15 is 0 Å². The molecule has 1 saturated carbocycles. The highest BCUT2D eigenvalue weighted by molar-refractivity contribution is 4.82. The number of nitrogens with zero attached hydrogens (tertiary/aromatic N) is 2. The van der Waals surface area contributed by atoms with Crippen LogP contribution in [-0.2, 0) is 13.0 Å². The molecule has 0 aliphatic heterocycles. The van der Waals surface area contributed by atoms with E-state index < -0.39 is 0 Å². The highest BCUT2D eigenvalue weighted by Gasteiger charge is 2.14. The summed E-state index contributed by atoms with van der Waals surface area (Å²) >= 11 is 0. The molecule has 0 amide bonds. The molecule has 0 unspecified atom stereocenters. The first-order valence-corrected chi connectivity index (χ1v) is 6.34. The van der Waals surface area contributed by atoms with Crippen LogP contribution in [0, 0.1) is 5.92 Å². The van der Waals surface area contributed by atoms with E-state index in [4.69, 9.17) is 4.42 Å². The van der Waals surface area contributed by atoms with Gasteiger partial charge in [-0.2, -0.15) is 0 Å². The fourth-order valence-corrected chi connectivity index (χ4v) is 2.42. The molecule has 1 aromatic heterocycles. The standard InChI is InChI=1S/C12H21N3O/c1-13-9-12-15-14-11(16-12)8-7-10-5-3-2-4-6-10/h10,13H,2-9H2,1H3. The average molecular weight is 223 g/mol. The fraction of sp³-hybridized carbons (Fsp3) is 0.833. The summed E-state index contributed by atoms with van der Waals surface area (Å²) in [6.07, 6.45) is 9.15. The van der Waals surface area contributed by atoms with Crippen LogP contribution >= 0.6 is 0 Å². The zero-order valence-electron chi connectivity index (χ0n) is 10.0. The minimum absolute atomic E-state index is 0.663. The largest absolute Gasteiger partial charge is 0.424 e. The van der Waals surface area contributed by atoms with Gasteiger partial charge in [0, 0.05) is 6.42 Å². The summed E-state index contributed by atoms with van der Waals surface area (Å²) in [7, 11) is 1.88. The second-order valence-corrected chi connectivity index (χ2v) is 4.66. The maximum atomic E-state index is 5.53. The number of aryl methyl sites for hydroxylation is 1. The lowest BCUT2D eigenvalue weighted by Gasteiger charge is -2.20. The van der Waals surface area contributed by atoms with Crippen LogP contribution in [0.3, 0.4) is 0 Å². The summed E-state index contributed by atoms with van der Waals surface area (Å²) in [6, 6.07) is 0. The molecule has 1 aliphatic rings. The van der Waals surface area contributed by atoms with Gasteiger partial charge in [0.2, 0.25) is 11.8 Å². The van der Waals surface area contributed by atoms with Crippen molar-refractivity contribution in [2.24, 2.45) is 5.92 Å². The molecule has 1 N–H and O–H groups in total. The molecule has 0 bridgehead atoms. The van der Waals surface area contributed by atoms with Crippen LogP contribution in [0.5, 0.6) is 0 Å². The molecule has 2 rings (SSSR count). The lowest BCUT2D eigenvalue weighted by Crippen LogP contribution is -2.07. The Hall–Kier alpha value is -0.900. The Morgan fingerprint density at radius 3 is 2.69 bits per heavy atom. The normalized spacial score (nSPS) is 17.8. The van der Waals surface area contributed by atoms with Crippen molar-refractivity contribution in [2.45, 2.75) is 51.5 Å². The molecule has 1 aromatic rings. The topological polar surface area (TPSA) is 51.0 Å². The number of hydrogen-bond donors (Lipinski definition) is 1. The lowest BCUT2D eigenvalue weighted by atomic mass is 9.86. The van der Waals surface area contributed by atoms with E-state index in [1.54, 1.807) is 0 Å². The highest BCUT2D eigenvalue weighted by atomic mass is 16.4. The van der Waals surface area contributed by atoms with Gasteiger partial charge in [-0.1, -0.05) is 32.1 Å². The van der Waals surface area contributed by atoms with Gasteiger partial charge in [0.25, 0.3) is 0 Å². The minimum Gasteiger partial charge on any atom is -0.424 e. The van der Waals surface area contributed by atoms with Crippen LogP contribution in [0.1, 0.15) is 50.3 Å². The maximum Gasteiger partial charge on any atom is 0.230 e. The Labute approximate surface area is 96.8 Å². The molecule has 0 spiro atoms. The smallest absolute Gasteiger partial charge is 0.230 e. The quantitative estimate of drug-likeness (QED) is 0.832. The molecule has 4 nitrogen and oxygen atoms in total. The lowest BCUT2D eigenvalue weighted by molar-refractivity contribution is 0.325. The molecule has 1 aliphatic carbocycles. The van der Waals surface area contributed by atoms with E-state index in [0.29, 0.717) is 12.4 Å². The van der Waals surface area contributed by atoms with Crippen molar-refractivity contribution >= 4 is 0 Å². The van der Waals surface area contributed by atoms with Crippen LogP contribution in [0.4, 0.5) is 0 Å². The predicted octanol–water partition coefficient (Wildman–Crippen LogP) is 2.30. The van der Waals surface area contributed by atoms with Gasteiger partial charge in [0.1, 0.15) is 0 Å². The highest BCUT2D eigenvalue weighted by Crippen LogP contribution is 2.27. The molecular formula is C12H21N3O. The second kappa shape index (κ2) is 5.99. The molecular weight excluding hydrogens is 202 g/mol. The third kappa shape index (κ3) is 3.30. The van der Waals surface area contributed by atoms with Crippen molar-refractivity contribution in [1.82, 2.24) is 15.5 Å². The van der Waals surface area contributed by atoms with Gasteiger partial charge >= 0.3 is 0 Å². The molecule has 0 radical (unpaired) electrons. The predicted molar refractivity (Wildman–Crippen MR) is 62.0 cm³/mol. The first kappa shape index (κ1) is 11.6. The van der Waals surface area contributed by atoms with E-state index in [9.17, 15) is 0 Å². The number of aromatic nitrogens is 2. The van der Waals surface area contributed by atoms with Crippen molar-refractivity contribution in [3.63, 3.8) is 0 Å². The van der Waals surface area contributed by atoms with Crippen molar-refractivity contribution in [3.8, 4) is 0 Å². The maximum absolute atomic E-state index is 5.53. The Kier molecular flexibility index (Phi) is 4.34. The van der Waals surface area contributed by atoms with Crippen molar-refractivity contribution < 1.29 is 4.42 Å². The number of nitrogens with one attached hydrogen (secondary N) is 1. The van der Waals surface area contributed by atoms with Gasteiger partial charge in [0.05, 0.1) is 6.54 Å². The van der Waals surface area contributed by atoms with Crippen LogP contribution in [-0.4, -0.2) is 17.2 Å². The van der Waals surface area contributed by atoms with Crippen molar-refractivity contribution in [2.75, 3.05) is 7.05 Å². The summed E-state index contributed by atoms with van der Waals surface area (Å²) in [6.45, 7) is 0.663. The van der Waals surface area contributed by atoms with Crippen molar-refractivity contribution in [3.05, 3.63) is 11.8 Å². The van der Waals surface area contributed by atoms with Gasteiger partial charge in [-0.3, -0.25) is 0 Å². The summed E-state index contributed by atoms with van der Waals surface area (Å²) in [5, 5.41) is 11.1. The molecule has 0 saturated heterocycles. The second-order valence-electron chi connectivity index (χ2n) is 4.66. The van der Waals surface area contributed by atoms with E-state index in [-0.39, 0.29) is 0 Å². The minimum atomic E-state index is 0.663. The van der Waals surface area contributed by atoms with E-state index in [2.05, 4.69) is 15.5 Å². The Morgan fingerprint density at radius 2 is 1.94 bits per heavy atom. The van der Waals surface area contributed by atoms with Gasteiger partial charge in [-0.25, -0.2) is 0 Å². The van der Waals surface area contributed by atoms with Crippen LogP contribution in [0.2, 0.25) is 0 Å². The van der Waals surface area contributed by atoms with Crippen LogP contribution in [0.15, 0.2) is 4.42 Å². The van der Waals surface area contributed by atoms with Crippen molar-refractivity contribution in [1.29, 1.82) is 0 Å². The summed E-state index contributed by atoms with van der Waals surface area (Å²) in [4.78, 5) is 0. The van der Waals surface area contributed by atoms with Crippen LogP contribution in [0.25, 0.3) is 0 Å². The number of rotatable bonds is 5. The molecule has 90 valence electrons. The molecule has 1 fully saturated rings. The van der Waals surface area contributed by atoms with E-state index in [1.807, 2.05) is 7.05 Å². The summed E-state index contributed by atoms with van der Waals surface area (Å²) in [5.41, 5.74) is 0. The zero-order chi connectivity index (χ0) is 11.2. The van der Waals surface area contributed by atoms with Gasteiger partial charge < -0.3 is 9.73 Å². The third-order valence-corrected chi connectivity index (χ3v) is 3.33. The van der Waals surface area contributed by atoms with E-state index in [1.165, 1.54) is 38.5 Å². The number of hydrogen-bond acceptors (Lipinski definition) is 4. The Balaban J connectivity index is 1.75. The van der Waals surface area contributed by atoms with Crippen LogP contribution < -0.4 is 5.32 Å². The molecule has 0 aromatic carbocycles. The molecule has 1 heterocycles. The molecule has 16 heavy (non-hydrogen) atoms. The first-order valence-electron chi connectivity index (χ1n) is 6.34. The third-order valence-electron chi connectivity index (χ3n) is 3.33. The zero-order valence-corrected chi connectivity index (χ0v) is 10.0. The fourth-order valence-electron chi connectivity index (χ4n) is 2.42. The Bertz CT molecular complexity index is 305. The van der Waals surface area contributed by atoms with Gasteiger partial charge in [-0.15, -0.1) is 10.2 Å². The molecule has 4 heteroatoms. The first-order chi connectivity index (χ1) is 7.88. The summed E-state index contributed by atoms with van der Waals surface area (Å²) in [5.74, 6) is 2.38. The Morgan fingerprint density at radius 1 is 1.19 bits per heavy atom. The molecule has 0 atom stereocenters. The van der Waals surface area contributed by atoms with Gasteiger partial charge in [0.15, 0.2) is 0 Å². The van der Waals surface area contributed by atoms with E-state index in [0.717, 1.165) is 18.2 Å². The SMILES string of the molecule is CNCc1nnc(CCC2CCCCC2)o1. The monoisotopic (exact) mass is 223 g/mol. The van der Waals surface area contributed by atoms with Gasteiger partial charge in [-0.05, 0) is 19.4 Å².